The van der Waals surface area contributed by atoms with Crippen molar-refractivity contribution in [3.63, 3.8) is 0 Å². The standard InChI is InChI=1S/C22H18BrFN2O3/c1-28-21-11-15(13-25-26-22(27)16-6-4-7-18(23)12-16)9-10-20(21)29-14-17-5-2-3-8-19(17)24/h2-13H,14H2,1H3,(H,26,27)/b25-13-. The number of carbonyl (C=O) groups excluding carboxylic acids is 1. The van der Waals surface area contributed by atoms with Crippen molar-refractivity contribution in [2.75, 3.05) is 7.11 Å². The zero-order valence-electron chi connectivity index (χ0n) is 15.6. The number of hydrazone groups is 1. The minimum absolute atomic E-state index is 0.0825. The maximum absolute atomic E-state index is 13.7. The lowest BCUT2D eigenvalue weighted by molar-refractivity contribution is 0.0955. The van der Waals surface area contributed by atoms with Gasteiger partial charge in [0, 0.05) is 15.6 Å². The van der Waals surface area contributed by atoms with E-state index in [-0.39, 0.29) is 18.3 Å². The second kappa shape index (κ2) is 9.84. The number of nitrogens with zero attached hydrogens (tertiary/aromatic N) is 1. The molecule has 0 radical (unpaired) electrons. The average Bonchev–Trinajstić information content (AvgIpc) is 2.73. The fraction of sp³-hybridized carbons (Fsp3) is 0.0909. The number of hydrogen-bond acceptors (Lipinski definition) is 4. The summed E-state index contributed by atoms with van der Waals surface area (Å²) in [4.78, 5) is 12.1. The zero-order valence-corrected chi connectivity index (χ0v) is 17.1. The maximum Gasteiger partial charge on any atom is 0.271 e. The molecular weight excluding hydrogens is 439 g/mol. The molecule has 0 aliphatic heterocycles. The topological polar surface area (TPSA) is 59.9 Å². The Kier molecular flexibility index (Phi) is 6.97. The number of methoxy groups -OCH3 is 1. The SMILES string of the molecule is COc1cc(/C=N\NC(=O)c2cccc(Br)c2)ccc1OCc1ccccc1F. The van der Waals surface area contributed by atoms with Crippen LogP contribution >= 0.6 is 15.9 Å². The Morgan fingerprint density at radius 3 is 2.69 bits per heavy atom. The smallest absolute Gasteiger partial charge is 0.271 e. The largest absolute Gasteiger partial charge is 0.493 e. The van der Waals surface area contributed by atoms with Crippen LogP contribution in [0, 0.1) is 5.82 Å². The molecule has 1 amide bonds. The van der Waals surface area contributed by atoms with Gasteiger partial charge in [0.2, 0.25) is 0 Å². The van der Waals surface area contributed by atoms with E-state index in [0.29, 0.717) is 28.2 Å². The number of nitrogens with one attached hydrogen (secondary N) is 1. The summed E-state index contributed by atoms with van der Waals surface area (Å²) in [7, 11) is 1.52. The molecule has 0 fully saturated rings. The van der Waals surface area contributed by atoms with Crippen LogP contribution < -0.4 is 14.9 Å². The Morgan fingerprint density at radius 2 is 1.93 bits per heavy atom. The first-order valence-corrected chi connectivity index (χ1v) is 9.49. The number of amides is 1. The highest BCUT2D eigenvalue weighted by atomic mass is 79.9. The van der Waals surface area contributed by atoms with Crippen molar-refractivity contribution < 1.29 is 18.7 Å². The van der Waals surface area contributed by atoms with E-state index in [4.69, 9.17) is 9.47 Å². The number of benzene rings is 3. The molecule has 0 saturated carbocycles. The fourth-order valence-corrected chi connectivity index (χ4v) is 2.91. The van der Waals surface area contributed by atoms with Crippen LogP contribution in [0.5, 0.6) is 11.5 Å². The Bertz CT molecular complexity index is 1040. The van der Waals surface area contributed by atoms with Gasteiger partial charge in [0.1, 0.15) is 12.4 Å². The van der Waals surface area contributed by atoms with E-state index in [0.717, 1.165) is 4.47 Å². The van der Waals surface area contributed by atoms with Gasteiger partial charge >= 0.3 is 0 Å². The van der Waals surface area contributed by atoms with Crippen molar-refractivity contribution in [2.24, 2.45) is 5.10 Å². The summed E-state index contributed by atoms with van der Waals surface area (Å²) in [6.45, 7) is 0.0825. The van der Waals surface area contributed by atoms with Crippen LogP contribution in [0.15, 0.2) is 76.3 Å². The number of halogens is 2. The van der Waals surface area contributed by atoms with Crippen LogP contribution in [0.1, 0.15) is 21.5 Å². The molecule has 29 heavy (non-hydrogen) atoms. The van der Waals surface area contributed by atoms with E-state index in [1.165, 1.54) is 19.4 Å². The van der Waals surface area contributed by atoms with Crippen molar-refractivity contribution in [1.29, 1.82) is 0 Å². The molecule has 3 aromatic carbocycles. The number of rotatable bonds is 7. The van der Waals surface area contributed by atoms with E-state index in [9.17, 15) is 9.18 Å². The highest BCUT2D eigenvalue weighted by Gasteiger charge is 2.08. The third-order valence-corrected chi connectivity index (χ3v) is 4.49. The molecule has 3 rings (SSSR count). The molecule has 3 aromatic rings. The van der Waals surface area contributed by atoms with Crippen LogP contribution in [0.25, 0.3) is 0 Å². The van der Waals surface area contributed by atoms with Gasteiger partial charge in [0.15, 0.2) is 11.5 Å². The molecule has 148 valence electrons. The molecule has 5 nitrogen and oxygen atoms in total. The van der Waals surface area contributed by atoms with Crippen LogP contribution in [0.3, 0.4) is 0 Å². The second-order valence-corrected chi connectivity index (χ2v) is 6.92. The summed E-state index contributed by atoms with van der Waals surface area (Å²) in [6.07, 6.45) is 1.50. The molecular formula is C22H18BrFN2O3. The van der Waals surface area contributed by atoms with Crippen molar-refractivity contribution >= 4 is 28.1 Å². The van der Waals surface area contributed by atoms with Crippen molar-refractivity contribution in [3.05, 3.63) is 93.7 Å². The van der Waals surface area contributed by atoms with Gasteiger partial charge in [-0.15, -0.1) is 0 Å². The molecule has 7 heteroatoms. The predicted molar refractivity (Wildman–Crippen MR) is 113 cm³/mol. The van der Waals surface area contributed by atoms with Crippen LogP contribution in [0.2, 0.25) is 0 Å². The van der Waals surface area contributed by atoms with Crippen LogP contribution in [-0.4, -0.2) is 19.2 Å². The number of carbonyl (C=O) groups is 1. The van der Waals surface area contributed by atoms with Crippen molar-refractivity contribution in [1.82, 2.24) is 5.43 Å². The molecule has 0 aliphatic rings. The lowest BCUT2D eigenvalue weighted by Crippen LogP contribution is -2.17. The molecule has 1 N–H and O–H groups in total. The Balaban J connectivity index is 1.64. The second-order valence-electron chi connectivity index (χ2n) is 6.00. The first-order chi connectivity index (χ1) is 14.1. The Morgan fingerprint density at radius 1 is 1.10 bits per heavy atom. The molecule has 0 heterocycles. The molecule has 0 bridgehead atoms. The summed E-state index contributed by atoms with van der Waals surface area (Å²) in [5, 5.41) is 3.97. The zero-order chi connectivity index (χ0) is 20.6. The van der Waals surface area contributed by atoms with Gasteiger partial charge < -0.3 is 9.47 Å². The lowest BCUT2D eigenvalue weighted by atomic mass is 10.2. The molecule has 0 aliphatic carbocycles. The van der Waals surface area contributed by atoms with Gasteiger partial charge in [-0.05, 0) is 48.0 Å². The molecule has 0 aromatic heterocycles. The van der Waals surface area contributed by atoms with E-state index < -0.39 is 0 Å². The normalized spacial score (nSPS) is 10.7. The van der Waals surface area contributed by atoms with E-state index in [2.05, 4.69) is 26.5 Å². The van der Waals surface area contributed by atoms with Gasteiger partial charge in [-0.3, -0.25) is 4.79 Å². The highest BCUT2D eigenvalue weighted by Crippen LogP contribution is 2.28. The van der Waals surface area contributed by atoms with Gasteiger partial charge in [-0.25, -0.2) is 9.82 Å². The van der Waals surface area contributed by atoms with Crippen molar-refractivity contribution in [3.8, 4) is 11.5 Å². The van der Waals surface area contributed by atoms with Crippen molar-refractivity contribution in [2.45, 2.75) is 6.61 Å². The predicted octanol–water partition coefficient (Wildman–Crippen LogP) is 4.94. The summed E-state index contributed by atoms with van der Waals surface area (Å²) in [5.41, 5.74) is 4.12. The molecule has 0 atom stereocenters. The summed E-state index contributed by atoms with van der Waals surface area (Å²) in [5.74, 6) is 0.311. The van der Waals surface area contributed by atoms with Gasteiger partial charge in [0.05, 0.1) is 13.3 Å². The first kappa shape index (κ1) is 20.5. The number of hydrogen-bond donors (Lipinski definition) is 1. The molecule has 0 unspecified atom stereocenters. The minimum Gasteiger partial charge on any atom is -0.493 e. The fourth-order valence-electron chi connectivity index (χ4n) is 2.51. The van der Waals surface area contributed by atoms with Gasteiger partial charge in [0.25, 0.3) is 5.91 Å². The van der Waals surface area contributed by atoms with Gasteiger partial charge in [-0.1, -0.05) is 40.2 Å². The average molecular weight is 457 g/mol. The van der Waals surface area contributed by atoms with Crippen LogP contribution in [-0.2, 0) is 6.61 Å². The van der Waals surface area contributed by atoms with Crippen LogP contribution in [0.4, 0.5) is 4.39 Å². The van der Waals surface area contributed by atoms with E-state index >= 15 is 0 Å². The minimum atomic E-state index is -0.323. The summed E-state index contributed by atoms with van der Waals surface area (Å²) < 4.78 is 25.6. The van der Waals surface area contributed by atoms with Gasteiger partial charge in [-0.2, -0.15) is 5.10 Å². The Labute approximate surface area is 176 Å². The third-order valence-electron chi connectivity index (χ3n) is 4.00. The Hall–Kier alpha value is -3.19. The maximum atomic E-state index is 13.7. The quantitative estimate of drug-likeness (QED) is 0.404. The highest BCUT2D eigenvalue weighted by molar-refractivity contribution is 9.10. The van der Waals surface area contributed by atoms with E-state index in [1.54, 1.807) is 54.6 Å². The molecule has 0 spiro atoms. The molecule has 0 saturated heterocycles. The third kappa shape index (κ3) is 5.65. The summed E-state index contributed by atoms with van der Waals surface area (Å²) in [6, 6.07) is 18.6. The van der Waals surface area contributed by atoms with E-state index in [1.807, 2.05) is 6.07 Å². The first-order valence-electron chi connectivity index (χ1n) is 8.70. The lowest BCUT2D eigenvalue weighted by Gasteiger charge is -2.11. The number of ether oxygens (including phenoxy) is 2. The summed E-state index contributed by atoms with van der Waals surface area (Å²) >= 11 is 3.32. The monoisotopic (exact) mass is 456 g/mol.